The zero-order chi connectivity index (χ0) is 36.7. The number of carboxylic acid groups (broad SMARTS) is 1. The third-order valence-corrected chi connectivity index (χ3v) is 13.0. The summed E-state index contributed by atoms with van der Waals surface area (Å²) in [5.41, 5.74) is 8.66. The van der Waals surface area contributed by atoms with Crippen LogP contribution in [0.1, 0.15) is 66.7 Å². The number of nitrogens with zero attached hydrogens (tertiary/aromatic N) is 1. The van der Waals surface area contributed by atoms with Crippen LogP contribution in [0.5, 0.6) is 11.5 Å². The molecule has 264 valence electrons. The summed E-state index contributed by atoms with van der Waals surface area (Å²) in [6.07, 6.45) is 6.29. The van der Waals surface area contributed by atoms with Gasteiger partial charge in [-0.1, -0.05) is 60.7 Å². The molecular weight excluding hydrogens is 795 g/mol. The summed E-state index contributed by atoms with van der Waals surface area (Å²) >= 11 is 2.34. The lowest BCUT2D eigenvalue weighted by Gasteiger charge is -2.41. The molecule has 11 nitrogen and oxygen atoms in total. The van der Waals surface area contributed by atoms with Gasteiger partial charge in [0.2, 0.25) is 0 Å². The van der Waals surface area contributed by atoms with Gasteiger partial charge in [-0.05, 0) is 83.5 Å². The second-order valence-corrected chi connectivity index (χ2v) is 18.5. The molecule has 2 heterocycles. The first-order chi connectivity index (χ1) is 23.0. The van der Waals surface area contributed by atoms with Gasteiger partial charge in [0.25, 0.3) is 20.2 Å². The minimum atomic E-state index is -4.46. The fraction of sp³-hybridized carbons (Fsp3) is 0.306. The molecule has 50 heavy (non-hydrogen) atoms. The molecule has 3 aromatic carbocycles. The number of anilines is 2. The summed E-state index contributed by atoms with van der Waals surface area (Å²) in [6.45, 7) is 7.81. The van der Waals surface area contributed by atoms with Crippen molar-refractivity contribution in [2.75, 3.05) is 29.2 Å². The van der Waals surface area contributed by atoms with Crippen LogP contribution in [0.25, 0.3) is 22.8 Å². The molecule has 2 aliphatic heterocycles. The molecule has 1 unspecified atom stereocenters. The highest BCUT2D eigenvalue weighted by Gasteiger charge is 2.35. The number of likely N-dealkylation sites (N-methyl/N-ethyl adjacent to an activating group) is 1. The molecule has 0 radical (unpaired) electrons. The zero-order valence-corrected chi connectivity index (χ0v) is 31.8. The molecule has 0 spiro atoms. The van der Waals surface area contributed by atoms with E-state index < -0.39 is 48.7 Å². The number of nitrogen functional groups attached to an aromatic ring is 1. The largest absolute Gasteiger partial charge is 0.478 e. The first-order valence-electron chi connectivity index (χ1n) is 15.6. The average Bonchev–Trinajstić information content (AvgIpc) is 2.98. The highest BCUT2D eigenvalue weighted by atomic mass is 127. The van der Waals surface area contributed by atoms with E-state index in [4.69, 9.17) is 10.5 Å². The number of halogens is 1. The summed E-state index contributed by atoms with van der Waals surface area (Å²) in [7, 11) is -7.04. The molecule has 0 amide bonds. The Balaban J connectivity index is 1.77. The Bertz CT molecular complexity index is 2410. The predicted molar refractivity (Wildman–Crippen MR) is 204 cm³/mol. The molecule has 0 bridgehead atoms. The zero-order valence-electron chi connectivity index (χ0n) is 28.0. The third-order valence-electron chi connectivity index (χ3n) is 9.57. The maximum absolute atomic E-state index is 12.7. The Hall–Kier alpha value is -3.70. The topological polar surface area (TPSA) is 185 Å². The van der Waals surface area contributed by atoms with E-state index >= 15 is 0 Å². The second-order valence-electron chi connectivity index (χ2n) is 14.1. The number of ether oxygens (including phenoxy) is 1. The number of rotatable bonds is 6. The highest BCUT2D eigenvalue weighted by Crippen LogP contribution is 2.47. The second kappa shape index (κ2) is 12.2. The number of hydrogen-bond donors (Lipinski definition) is 4. The number of carbonyl (C=O) groups is 1. The van der Waals surface area contributed by atoms with E-state index in [1.54, 1.807) is 42.5 Å². The van der Waals surface area contributed by atoms with Crippen molar-refractivity contribution in [3.05, 3.63) is 92.9 Å². The molecule has 3 aromatic rings. The average molecular weight is 833 g/mol. The SMILES string of the molecule is CN1c2cc3c(cc2C(CS(=O)(=O)O)=CC1(C)C)C(c1ccc(N)cc1C(=O)O)=c1cc2/c(cc1O3)=C/CC(I)C(C)(C)/C=C\2CS(=O)(=O)O. The van der Waals surface area contributed by atoms with Gasteiger partial charge in [-0.15, -0.1) is 0 Å². The van der Waals surface area contributed by atoms with Crippen molar-refractivity contribution in [3.8, 4) is 11.5 Å². The molecule has 0 saturated carbocycles. The van der Waals surface area contributed by atoms with Gasteiger partial charge in [0.1, 0.15) is 23.0 Å². The third kappa shape index (κ3) is 6.83. The summed E-state index contributed by atoms with van der Waals surface area (Å²) in [6, 6.07) is 11.6. The van der Waals surface area contributed by atoms with Gasteiger partial charge in [-0.3, -0.25) is 9.11 Å². The number of allylic oxidation sites excluding steroid dienone is 1. The van der Waals surface area contributed by atoms with Gasteiger partial charge < -0.3 is 20.5 Å². The quantitative estimate of drug-likeness (QED) is 0.0877. The van der Waals surface area contributed by atoms with Crippen molar-refractivity contribution >= 4 is 83.0 Å². The van der Waals surface area contributed by atoms with Crippen molar-refractivity contribution in [3.63, 3.8) is 0 Å². The molecule has 14 heteroatoms. The summed E-state index contributed by atoms with van der Waals surface area (Å²) in [5.74, 6) is -1.76. The predicted octanol–water partition coefficient (Wildman–Crippen LogP) is 5.10. The van der Waals surface area contributed by atoms with Crippen LogP contribution in [0.15, 0.2) is 54.6 Å². The molecule has 6 rings (SSSR count). The van der Waals surface area contributed by atoms with Gasteiger partial charge in [-0.25, -0.2) is 4.79 Å². The van der Waals surface area contributed by atoms with Gasteiger partial charge in [-0.2, -0.15) is 16.8 Å². The van der Waals surface area contributed by atoms with E-state index in [1.807, 2.05) is 51.8 Å². The summed E-state index contributed by atoms with van der Waals surface area (Å²) in [4.78, 5) is 14.7. The van der Waals surface area contributed by atoms with Crippen LogP contribution in [0.4, 0.5) is 11.4 Å². The van der Waals surface area contributed by atoms with Crippen LogP contribution >= 0.6 is 22.6 Å². The molecule has 0 aromatic heterocycles. The van der Waals surface area contributed by atoms with Crippen LogP contribution in [-0.4, -0.2) is 65.0 Å². The molecule has 3 aliphatic rings. The van der Waals surface area contributed by atoms with E-state index in [2.05, 4.69) is 22.6 Å². The maximum Gasteiger partial charge on any atom is 0.336 e. The van der Waals surface area contributed by atoms with Gasteiger partial charge in [0.15, 0.2) is 0 Å². The van der Waals surface area contributed by atoms with E-state index in [9.17, 15) is 35.8 Å². The first kappa shape index (κ1) is 36.1. The standard InChI is InChI=1S/C36H37IN2O9S2/c1-35(2)15-20(17-49(42,43)44)24-12-27-30(10-19(24)6-9-32(35)37)48-31-14-29-25(21(18-50(45,46)47)16-36(3,4)39(29)5)13-28(31)33(27)23-8-7-22(38)11-26(23)34(40)41/h6-8,10-16,32H,9,17-18,38H2,1-5H3,(H,40,41)(H,42,43,44)(H,45,46,47)/b19-6+,20-15-. The van der Waals surface area contributed by atoms with Crippen molar-refractivity contribution in [1.82, 2.24) is 0 Å². The lowest BCUT2D eigenvalue weighted by molar-refractivity contribution is 0.0696. The fourth-order valence-corrected chi connectivity index (χ4v) is 8.61. The molecule has 1 atom stereocenters. The number of fused-ring (bicyclic) bond motifs is 4. The molecule has 1 aliphatic carbocycles. The number of alkyl halides is 1. The summed E-state index contributed by atoms with van der Waals surface area (Å²) in [5, 5.41) is 11.5. The van der Waals surface area contributed by atoms with E-state index in [0.29, 0.717) is 73.0 Å². The van der Waals surface area contributed by atoms with Crippen LogP contribution < -0.4 is 25.8 Å². The van der Waals surface area contributed by atoms with E-state index in [-0.39, 0.29) is 15.2 Å². The van der Waals surface area contributed by atoms with Gasteiger partial charge >= 0.3 is 5.97 Å². The highest BCUT2D eigenvalue weighted by molar-refractivity contribution is 14.1. The minimum Gasteiger partial charge on any atom is -0.478 e. The van der Waals surface area contributed by atoms with Crippen molar-refractivity contribution in [2.24, 2.45) is 5.41 Å². The Morgan fingerprint density at radius 3 is 2.16 bits per heavy atom. The number of hydrogen-bond acceptors (Lipinski definition) is 8. The Kier molecular flexibility index (Phi) is 8.82. The maximum atomic E-state index is 12.7. The number of benzene rings is 3. The van der Waals surface area contributed by atoms with Gasteiger partial charge in [0, 0.05) is 50.3 Å². The fourth-order valence-electron chi connectivity index (χ4n) is 6.91. The van der Waals surface area contributed by atoms with Crippen LogP contribution in [0, 0.1) is 5.41 Å². The van der Waals surface area contributed by atoms with Crippen molar-refractivity contribution < 1.29 is 40.6 Å². The Morgan fingerprint density at radius 1 is 0.900 bits per heavy atom. The van der Waals surface area contributed by atoms with Crippen LogP contribution in [0.3, 0.4) is 0 Å². The smallest absolute Gasteiger partial charge is 0.336 e. The monoisotopic (exact) mass is 832 g/mol. The van der Waals surface area contributed by atoms with E-state index in [1.165, 1.54) is 6.07 Å². The Labute approximate surface area is 304 Å². The normalized spacial score (nSPS) is 21.0. The molecular formula is C36H37IN2O9S2. The first-order valence-corrected chi connectivity index (χ1v) is 20.1. The molecule has 0 fully saturated rings. The van der Waals surface area contributed by atoms with Crippen LogP contribution in [0.2, 0.25) is 0 Å². The minimum absolute atomic E-state index is 0.0905. The number of carboxylic acids is 1. The lowest BCUT2D eigenvalue weighted by Crippen LogP contribution is -2.42. The number of aromatic carboxylic acids is 1. The van der Waals surface area contributed by atoms with Gasteiger partial charge in [0.05, 0.1) is 11.1 Å². The van der Waals surface area contributed by atoms with E-state index in [0.717, 1.165) is 0 Å². The van der Waals surface area contributed by atoms with Crippen molar-refractivity contribution in [2.45, 2.75) is 43.6 Å². The van der Waals surface area contributed by atoms with Crippen LogP contribution in [-0.2, 0) is 20.2 Å². The van der Waals surface area contributed by atoms with Crippen molar-refractivity contribution in [1.29, 1.82) is 0 Å². The number of nitrogens with two attached hydrogens (primary N) is 1. The summed E-state index contributed by atoms with van der Waals surface area (Å²) < 4.78 is 75.7. The molecule has 5 N–H and O–H groups in total. The Morgan fingerprint density at radius 2 is 1.54 bits per heavy atom. The molecule has 0 saturated heterocycles. The lowest BCUT2D eigenvalue weighted by atomic mass is 9.81.